The second-order valence-electron chi connectivity index (χ2n) is 3.99. The molecule has 6 nitrogen and oxygen atoms in total. The fourth-order valence-electron chi connectivity index (χ4n) is 2.35. The number of morpholine rings is 1. The minimum Gasteiger partial charge on any atom is -0.378 e. The summed E-state index contributed by atoms with van der Waals surface area (Å²) in [6.45, 7) is 1.28. The summed E-state index contributed by atoms with van der Waals surface area (Å²) in [5, 5.41) is 10.2. The van der Waals surface area contributed by atoms with E-state index in [1.165, 1.54) is 0 Å². The summed E-state index contributed by atoms with van der Waals surface area (Å²) in [4.78, 5) is 11.2. The van der Waals surface area contributed by atoms with E-state index in [-0.39, 0.29) is 6.04 Å². The van der Waals surface area contributed by atoms with Gasteiger partial charge in [-0.1, -0.05) is 0 Å². The van der Waals surface area contributed by atoms with Crippen molar-refractivity contribution in [2.75, 3.05) is 13.2 Å². The number of fused-ring (bicyclic) bond motifs is 4. The maximum absolute atomic E-state index is 11.2. The number of hydrogen-bond acceptors (Lipinski definition) is 4. The highest BCUT2D eigenvalue weighted by atomic mass is 16.5. The van der Waals surface area contributed by atoms with Crippen LogP contribution in [-0.4, -0.2) is 35.4 Å². The average molecular weight is 208 g/mol. The normalized spacial score (nSPS) is 28.5. The number of carbonyl (C=O) groups is 1. The van der Waals surface area contributed by atoms with Crippen LogP contribution in [0.5, 0.6) is 0 Å². The van der Waals surface area contributed by atoms with Gasteiger partial charge in [-0.15, -0.1) is 0 Å². The Labute approximate surface area is 86.2 Å². The van der Waals surface area contributed by atoms with E-state index in [2.05, 4.69) is 15.5 Å². The third-order valence-corrected chi connectivity index (χ3v) is 2.96. The first kappa shape index (κ1) is 8.87. The maximum Gasteiger partial charge on any atom is 0.269 e. The molecule has 80 valence electrons. The van der Waals surface area contributed by atoms with Crippen molar-refractivity contribution in [3.63, 3.8) is 0 Å². The number of nitrogens with two attached hydrogens (primary N) is 1. The molecule has 1 fully saturated rings. The summed E-state index contributed by atoms with van der Waals surface area (Å²) >= 11 is 0. The van der Waals surface area contributed by atoms with Gasteiger partial charge in [0.05, 0.1) is 19.3 Å². The molecule has 0 saturated carbocycles. The third-order valence-electron chi connectivity index (χ3n) is 2.96. The zero-order valence-electron chi connectivity index (χ0n) is 8.12. The van der Waals surface area contributed by atoms with Crippen LogP contribution < -0.4 is 11.1 Å². The van der Waals surface area contributed by atoms with Gasteiger partial charge in [0.15, 0.2) is 5.69 Å². The smallest absolute Gasteiger partial charge is 0.269 e. The van der Waals surface area contributed by atoms with Crippen LogP contribution in [0.25, 0.3) is 0 Å². The Morgan fingerprint density at radius 1 is 1.53 bits per heavy atom. The minimum atomic E-state index is -0.488. The quantitative estimate of drug-likeness (QED) is 0.557. The van der Waals surface area contributed by atoms with Gasteiger partial charge in [0.2, 0.25) is 0 Å². The lowest BCUT2D eigenvalue weighted by atomic mass is 9.93. The Kier molecular flexibility index (Phi) is 1.80. The van der Waals surface area contributed by atoms with Crippen molar-refractivity contribution in [3.05, 3.63) is 17.0 Å². The van der Waals surface area contributed by atoms with E-state index in [0.29, 0.717) is 24.9 Å². The predicted molar refractivity (Wildman–Crippen MR) is 51.3 cm³/mol. The molecule has 1 saturated heterocycles. The largest absolute Gasteiger partial charge is 0.378 e. The minimum absolute atomic E-state index is 0.0498. The molecular weight excluding hydrogens is 196 g/mol. The van der Waals surface area contributed by atoms with E-state index in [4.69, 9.17) is 10.5 Å². The number of H-pyrrole nitrogens is 1. The lowest BCUT2D eigenvalue weighted by Gasteiger charge is -2.35. The monoisotopic (exact) mass is 208 g/mol. The van der Waals surface area contributed by atoms with Crippen LogP contribution >= 0.6 is 0 Å². The molecule has 6 heteroatoms. The standard InChI is InChI=1S/C9H12N4O2/c10-9(14)8-7-5(12-13-8)1-4-2-15-3-6(7)11-4/h4,6,11H,1-3H2,(H2,10,14)(H,12,13). The number of rotatable bonds is 1. The summed E-state index contributed by atoms with van der Waals surface area (Å²) < 4.78 is 5.44. The lowest BCUT2D eigenvalue weighted by molar-refractivity contribution is 0.0382. The first-order chi connectivity index (χ1) is 7.25. The van der Waals surface area contributed by atoms with Crippen molar-refractivity contribution in [2.45, 2.75) is 18.5 Å². The number of amides is 1. The lowest BCUT2D eigenvalue weighted by Crippen LogP contribution is -2.48. The van der Waals surface area contributed by atoms with E-state index in [0.717, 1.165) is 17.7 Å². The van der Waals surface area contributed by atoms with E-state index < -0.39 is 5.91 Å². The highest BCUT2D eigenvalue weighted by Crippen LogP contribution is 2.29. The molecule has 1 amide bonds. The Morgan fingerprint density at radius 3 is 3.20 bits per heavy atom. The van der Waals surface area contributed by atoms with Gasteiger partial charge in [-0.25, -0.2) is 0 Å². The zero-order valence-corrected chi connectivity index (χ0v) is 8.12. The number of aromatic amines is 1. The summed E-state index contributed by atoms with van der Waals surface area (Å²) in [5.41, 5.74) is 7.50. The van der Waals surface area contributed by atoms with Crippen LogP contribution in [0.15, 0.2) is 0 Å². The molecule has 0 aliphatic carbocycles. The molecule has 1 aromatic rings. The van der Waals surface area contributed by atoms with E-state index >= 15 is 0 Å². The highest BCUT2D eigenvalue weighted by molar-refractivity contribution is 5.92. The third kappa shape index (κ3) is 1.25. The number of nitrogens with one attached hydrogen (secondary N) is 2. The van der Waals surface area contributed by atoms with Gasteiger partial charge >= 0.3 is 0 Å². The molecule has 0 spiro atoms. The summed E-state index contributed by atoms with van der Waals surface area (Å²) in [6, 6.07) is 0.367. The summed E-state index contributed by atoms with van der Waals surface area (Å²) in [7, 11) is 0. The molecule has 1 aromatic heterocycles. The Morgan fingerprint density at radius 2 is 2.40 bits per heavy atom. The van der Waals surface area contributed by atoms with Crippen molar-refractivity contribution in [1.29, 1.82) is 0 Å². The van der Waals surface area contributed by atoms with Crippen LogP contribution in [0, 0.1) is 0 Å². The van der Waals surface area contributed by atoms with Crippen molar-refractivity contribution < 1.29 is 9.53 Å². The summed E-state index contributed by atoms with van der Waals surface area (Å²) in [6.07, 6.45) is 0.812. The number of nitrogens with zero attached hydrogens (tertiary/aromatic N) is 1. The van der Waals surface area contributed by atoms with Gasteiger partial charge in [-0.2, -0.15) is 5.10 Å². The van der Waals surface area contributed by atoms with Crippen molar-refractivity contribution in [1.82, 2.24) is 15.5 Å². The fraction of sp³-hybridized carbons (Fsp3) is 0.556. The molecule has 2 aliphatic heterocycles. The van der Waals surface area contributed by atoms with Crippen LogP contribution in [0.4, 0.5) is 0 Å². The SMILES string of the molecule is NC(=O)c1n[nH]c2c1C1COCC(C2)N1. The fourth-order valence-corrected chi connectivity index (χ4v) is 2.35. The molecule has 0 radical (unpaired) electrons. The summed E-state index contributed by atoms with van der Waals surface area (Å²) in [5.74, 6) is -0.488. The molecule has 3 heterocycles. The van der Waals surface area contributed by atoms with Gasteiger partial charge < -0.3 is 15.8 Å². The van der Waals surface area contributed by atoms with Crippen molar-refractivity contribution >= 4 is 5.91 Å². The second kappa shape index (κ2) is 3.04. The number of primary amides is 1. The number of hydrogen-bond donors (Lipinski definition) is 3. The molecule has 2 atom stereocenters. The molecule has 4 N–H and O–H groups in total. The highest BCUT2D eigenvalue weighted by Gasteiger charge is 2.35. The van der Waals surface area contributed by atoms with Crippen molar-refractivity contribution in [2.24, 2.45) is 5.73 Å². The number of carbonyl (C=O) groups excluding carboxylic acids is 1. The number of ether oxygens (including phenoxy) is 1. The van der Waals surface area contributed by atoms with Gasteiger partial charge in [-0.05, 0) is 0 Å². The molecule has 15 heavy (non-hydrogen) atoms. The molecule has 2 bridgehead atoms. The topological polar surface area (TPSA) is 93.0 Å². The molecule has 2 aliphatic rings. The Balaban J connectivity index is 2.08. The first-order valence-electron chi connectivity index (χ1n) is 4.96. The second-order valence-corrected chi connectivity index (χ2v) is 3.99. The maximum atomic E-state index is 11.2. The first-order valence-corrected chi connectivity index (χ1v) is 4.96. The predicted octanol–water partition coefficient (Wildman–Crippen LogP) is -0.906. The Bertz CT molecular complexity index is 414. The Hall–Kier alpha value is -1.40. The molecule has 0 aromatic carbocycles. The van der Waals surface area contributed by atoms with E-state index in [1.807, 2.05) is 0 Å². The van der Waals surface area contributed by atoms with E-state index in [1.54, 1.807) is 0 Å². The zero-order chi connectivity index (χ0) is 10.4. The number of aromatic nitrogens is 2. The van der Waals surface area contributed by atoms with Crippen LogP contribution in [0.1, 0.15) is 27.8 Å². The van der Waals surface area contributed by atoms with Gasteiger partial charge in [0.25, 0.3) is 5.91 Å². The van der Waals surface area contributed by atoms with Crippen LogP contribution in [0.2, 0.25) is 0 Å². The van der Waals surface area contributed by atoms with Gasteiger partial charge in [0.1, 0.15) is 0 Å². The molecular formula is C9H12N4O2. The van der Waals surface area contributed by atoms with Crippen LogP contribution in [0.3, 0.4) is 0 Å². The van der Waals surface area contributed by atoms with E-state index in [9.17, 15) is 4.79 Å². The van der Waals surface area contributed by atoms with Crippen molar-refractivity contribution in [3.8, 4) is 0 Å². The van der Waals surface area contributed by atoms with Crippen LogP contribution in [-0.2, 0) is 11.2 Å². The van der Waals surface area contributed by atoms with Gasteiger partial charge in [0, 0.05) is 23.7 Å². The molecule has 2 unspecified atom stereocenters. The average Bonchev–Trinajstić information content (AvgIpc) is 2.62. The molecule has 3 rings (SSSR count). The van der Waals surface area contributed by atoms with Gasteiger partial charge in [-0.3, -0.25) is 9.89 Å².